The van der Waals surface area contributed by atoms with E-state index in [0.717, 1.165) is 22.2 Å². The van der Waals surface area contributed by atoms with Crippen molar-refractivity contribution in [2.24, 2.45) is 19.5 Å². The molecule has 1 aliphatic carbocycles. The highest BCUT2D eigenvalue weighted by molar-refractivity contribution is 5.99. The predicted octanol–water partition coefficient (Wildman–Crippen LogP) is 2.65. The number of carbonyl (C=O) groups is 1. The maximum atomic E-state index is 13.1. The van der Waals surface area contributed by atoms with Gasteiger partial charge in [-0.2, -0.15) is 0 Å². The number of carbonyl (C=O) groups excluding carboxylic acids is 1. The number of Topliss-reactive ketones (excluding diaryl/α,β-unsaturated/α-hetero) is 1. The maximum Gasteiger partial charge on any atom is 0.333 e. The molecule has 1 unspecified atom stereocenters. The number of aliphatic hydroxyl groups excluding tert-OH is 1. The molecule has 0 amide bonds. The van der Waals surface area contributed by atoms with Gasteiger partial charge in [-0.05, 0) is 24.1 Å². The van der Waals surface area contributed by atoms with Crippen molar-refractivity contribution in [1.82, 2.24) is 14.5 Å². The van der Waals surface area contributed by atoms with E-state index in [0.29, 0.717) is 0 Å². The van der Waals surface area contributed by atoms with Crippen LogP contribution in [0.1, 0.15) is 57.6 Å². The third-order valence-corrected chi connectivity index (χ3v) is 6.08. The molecule has 1 aromatic carbocycles. The van der Waals surface area contributed by atoms with Crippen LogP contribution >= 0.6 is 0 Å². The van der Waals surface area contributed by atoms with E-state index in [4.69, 9.17) is 0 Å². The second-order valence-electron chi connectivity index (χ2n) is 9.48. The topological polar surface area (TPSA) is 157 Å². The summed E-state index contributed by atoms with van der Waals surface area (Å²) in [5.74, 6) is -2.49. The summed E-state index contributed by atoms with van der Waals surface area (Å²) in [5.41, 5.74) is -2.35. The highest BCUT2D eigenvalue weighted by Gasteiger charge is 2.40. The first kappa shape index (κ1) is 28.5. The van der Waals surface area contributed by atoms with Gasteiger partial charge < -0.3 is 15.5 Å². The van der Waals surface area contributed by atoms with E-state index < -0.39 is 39.2 Å². The molecule has 1 aromatic heterocycles. The van der Waals surface area contributed by atoms with Gasteiger partial charge in [0.1, 0.15) is 5.76 Å². The molecule has 0 radical (unpaired) electrons. The first-order chi connectivity index (χ1) is 16.8. The zero-order valence-corrected chi connectivity index (χ0v) is 21.5. The van der Waals surface area contributed by atoms with Gasteiger partial charge in [0.15, 0.2) is 5.78 Å². The molecule has 3 N–H and O–H groups in total. The smallest absolute Gasteiger partial charge is 0.333 e. The van der Waals surface area contributed by atoms with Crippen LogP contribution in [-0.4, -0.2) is 43.1 Å². The summed E-state index contributed by atoms with van der Waals surface area (Å²) >= 11 is 0. The zero-order chi connectivity index (χ0) is 27.4. The molecule has 0 saturated heterocycles. The number of hydrogen-bond donors (Lipinski definition) is 3. The Morgan fingerprint density at radius 2 is 1.58 bits per heavy atom. The lowest BCUT2D eigenvalue weighted by Gasteiger charge is -2.33. The molecule has 3 rings (SSSR count). The number of aromatic hydroxyl groups is 1. The van der Waals surface area contributed by atoms with Crippen LogP contribution in [-0.2, 0) is 18.9 Å². The van der Waals surface area contributed by atoms with Crippen LogP contribution in [0.2, 0.25) is 0 Å². The first-order valence-electron chi connectivity index (χ1n) is 11.7. The molecule has 0 fully saturated rings. The molecule has 0 aliphatic heterocycles. The number of rotatable bonds is 6. The van der Waals surface area contributed by atoms with Gasteiger partial charge in [-0.1, -0.05) is 39.8 Å². The molecular formula is C25H34N4O7. The van der Waals surface area contributed by atoms with Crippen LogP contribution in [0.25, 0.3) is 0 Å². The predicted molar refractivity (Wildman–Crippen MR) is 135 cm³/mol. The van der Waals surface area contributed by atoms with Crippen molar-refractivity contribution in [2.75, 3.05) is 13.1 Å². The quantitative estimate of drug-likeness (QED) is 0.402. The van der Waals surface area contributed by atoms with Gasteiger partial charge in [-0.15, -0.1) is 0 Å². The molecule has 1 aliphatic rings. The molecule has 1 atom stereocenters. The molecule has 36 heavy (non-hydrogen) atoms. The normalized spacial score (nSPS) is 15.8. The van der Waals surface area contributed by atoms with Gasteiger partial charge in [0.25, 0.3) is 11.2 Å². The molecule has 11 heteroatoms. The van der Waals surface area contributed by atoms with Gasteiger partial charge in [-0.25, -0.2) is 4.79 Å². The number of hydrogen-bond acceptors (Lipinski definition) is 8. The standard InChI is InChI=1S/C21H23N3O7.C4H11N/c1-21(2)9-13(25)16(14(26)10-21)15(11-5-7-12(8-6-11)24(30)31)17-18(27)22(3)20(29)23(4)19(17)28;1-3-5-4-2/h5-8,15,25,27H,9-10H2,1-4H3;5H,3-4H2,1-2H3. The van der Waals surface area contributed by atoms with Crippen LogP contribution in [0.15, 0.2) is 45.2 Å². The highest BCUT2D eigenvalue weighted by Crippen LogP contribution is 2.44. The van der Waals surface area contributed by atoms with E-state index in [2.05, 4.69) is 19.2 Å². The van der Waals surface area contributed by atoms with Crippen LogP contribution in [0.3, 0.4) is 0 Å². The van der Waals surface area contributed by atoms with Crippen molar-refractivity contribution in [3.8, 4) is 5.88 Å². The highest BCUT2D eigenvalue weighted by atomic mass is 16.6. The number of non-ortho nitro benzene ring substituents is 1. The maximum absolute atomic E-state index is 13.1. The number of nitro benzene ring substituents is 1. The molecule has 1 heterocycles. The Bertz CT molecular complexity index is 1290. The van der Waals surface area contributed by atoms with Gasteiger partial charge >= 0.3 is 5.69 Å². The molecule has 196 valence electrons. The summed E-state index contributed by atoms with van der Waals surface area (Å²) < 4.78 is 1.66. The van der Waals surface area contributed by atoms with Crippen molar-refractivity contribution in [3.05, 3.63) is 77.7 Å². The Kier molecular flexibility index (Phi) is 8.98. The van der Waals surface area contributed by atoms with Crippen molar-refractivity contribution in [1.29, 1.82) is 0 Å². The number of allylic oxidation sites excluding steroid dienone is 2. The number of nitrogens with zero attached hydrogens (tertiary/aromatic N) is 3. The van der Waals surface area contributed by atoms with E-state index in [1.54, 1.807) is 0 Å². The van der Waals surface area contributed by atoms with Crippen molar-refractivity contribution < 1.29 is 19.9 Å². The number of nitro groups is 1. The Morgan fingerprint density at radius 1 is 1.03 bits per heavy atom. The van der Waals surface area contributed by atoms with Crippen LogP contribution < -0.4 is 16.6 Å². The van der Waals surface area contributed by atoms with E-state index in [9.17, 15) is 34.7 Å². The van der Waals surface area contributed by atoms with E-state index >= 15 is 0 Å². The summed E-state index contributed by atoms with van der Waals surface area (Å²) in [7, 11) is 2.51. The van der Waals surface area contributed by atoms with Crippen LogP contribution in [0.4, 0.5) is 5.69 Å². The van der Waals surface area contributed by atoms with Gasteiger partial charge in [0.2, 0.25) is 5.88 Å². The number of nitrogens with one attached hydrogen (secondary N) is 1. The van der Waals surface area contributed by atoms with Crippen LogP contribution in [0.5, 0.6) is 5.88 Å². The third kappa shape index (κ3) is 5.91. The van der Waals surface area contributed by atoms with Crippen molar-refractivity contribution in [3.63, 3.8) is 0 Å². The van der Waals surface area contributed by atoms with Crippen molar-refractivity contribution >= 4 is 11.5 Å². The largest absolute Gasteiger partial charge is 0.512 e. The van der Waals surface area contributed by atoms with Gasteiger partial charge in [-0.3, -0.25) is 28.8 Å². The molecule has 0 bridgehead atoms. The van der Waals surface area contributed by atoms with E-state index in [-0.39, 0.29) is 41.0 Å². The second kappa shape index (κ2) is 11.3. The van der Waals surface area contributed by atoms with E-state index in [1.165, 1.54) is 38.4 Å². The fourth-order valence-electron chi connectivity index (χ4n) is 4.26. The summed E-state index contributed by atoms with van der Waals surface area (Å²) in [4.78, 5) is 48.7. The second-order valence-corrected chi connectivity index (χ2v) is 9.48. The summed E-state index contributed by atoms with van der Waals surface area (Å²) in [6.45, 7) is 10.0. The molecule has 2 aromatic rings. The fraction of sp³-hybridized carbons (Fsp3) is 0.480. The zero-order valence-electron chi connectivity index (χ0n) is 21.5. The fourth-order valence-corrected chi connectivity index (χ4v) is 4.26. The number of aromatic nitrogens is 2. The SMILES string of the molecule is CCNCC.Cn1c(O)c(C(C2=C(O)CC(C)(C)CC2=O)c2ccc([N+](=O)[O-])cc2)c(=O)n(C)c1=O. The Morgan fingerprint density at radius 3 is 2.03 bits per heavy atom. The third-order valence-electron chi connectivity index (χ3n) is 6.08. The Hall–Kier alpha value is -3.73. The monoisotopic (exact) mass is 502 g/mol. The minimum Gasteiger partial charge on any atom is -0.512 e. The number of aliphatic hydroxyl groups is 1. The van der Waals surface area contributed by atoms with Gasteiger partial charge in [0.05, 0.1) is 16.4 Å². The Labute approximate surface area is 208 Å². The lowest BCUT2D eigenvalue weighted by atomic mass is 9.71. The average Bonchev–Trinajstić information content (AvgIpc) is 2.80. The average molecular weight is 503 g/mol. The summed E-state index contributed by atoms with van der Waals surface area (Å²) in [6, 6.07) is 5.14. The lowest BCUT2D eigenvalue weighted by Crippen LogP contribution is -2.40. The number of benzene rings is 1. The molecule has 0 saturated carbocycles. The first-order valence-corrected chi connectivity index (χ1v) is 11.7. The van der Waals surface area contributed by atoms with E-state index in [1.807, 2.05) is 13.8 Å². The van der Waals surface area contributed by atoms with Gasteiger partial charge in [0, 0.05) is 44.6 Å². The molecular weight excluding hydrogens is 468 g/mol. The lowest BCUT2D eigenvalue weighted by molar-refractivity contribution is -0.384. The molecule has 11 nitrogen and oxygen atoms in total. The van der Waals surface area contributed by atoms with Crippen molar-refractivity contribution in [2.45, 2.75) is 46.5 Å². The van der Waals surface area contributed by atoms with Crippen LogP contribution in [0, 0.1) is 15.5 Å². The summed E-state index contributed by atoms with van der Waals surface area (Å²) in [6.07, 6.45) is 0.271. The minimum absolute atomic E-state index is 0.0702. The number of ketones is 1. The minimum atomic E-state index is -1.21. The molecule has 0 spiro atoms. The summed E-state index contributed by atoms with van der Waals surface area (Å²) in [5, 5.41) is 35.6. The Balaban J connectivity index is 0.000000830.